The molecular formula is C16H22N2O3S. The molecule has 0 unspecified atom stereocenters. The second-order valence-electron chi connectivity index (χ2n) is 6.04. The first-order valence-electron chi connectivity index (χ1n) is 7.97. The standard InChI is InChI=1S/C16H22N2O3S/c1-2-16(19)18-10-9-12-11-14(7-8-15(12)18)22(20,21)17-13-5-3-4-6-13/h7-8,11,13,17H,2-6,9-10H2,1H3. The number of rotatable bonds is 4. The molecule has 1 N–H and O–H groups in total. The molecule has 1 aliphatic carbocycles. The van der Waals surface area contributed by atoms with E-state index in [4.69, 9.17) is 0 Å². The van der Waals surface area contributed by atoms with Gasteiger partial charge in [-0.2, -0.15) is 0 Å². The SMILES string of the molecule is CCC(=O)N1CCc2cc(S(=O)(=O)NC3CCCC3)ccc21. The fraction of sp³-hybridized carbons (Fsp3) is 0.562. The minimum atomic E-state index is -3.46. The second-order valence-corrected chi connectivity index (χ2v) is 7.76. The number of fused-ring (bicyclic) bond motifs is 1. The Morgan fingerprint density at radius 1 is 1.32 bits per heavy atom. The average molecular weight is 322 g/mol. The number of carbonyl (C=O) groups excluding carboxylic acids is 1. The summed E-state index contributed by atoms with van der Waals surface area (Å²) in [6.45, 7) is 2.48. The van der Waals surface area contributed by atoms with Gasteiger partial charge in [0.2, 0.25) is 15.9 Å². The number of sulfonamides is 1. The predicted molar refractivity (Wildman–Crippen MR) is 85.4 cm³/mol. The Kier molecular flexibility index (Phi) is 4.23. The number of nitrogens with one attached hydrogen (secondary N) is 1. The first-order valence-corrected chi connectivity index (χ1v) is 9.45. The van der Waals surface area contributed by atoms with Crippen molar-refractivity contribution in [3.8, 4) is 0 Å². The number of nitrogens with zero attached hydrogens (tertiary/aromatic N) is 1. The van der Waals surface area contributed by atoms with E-state index >= 15 is 0 Å². The van der Waals surface area contributed by atoms with Crippen molar-refractivity contribution in [3.05, 3.63) is 23.8 Å². The molecule has 120 valence electrons. The van der Waals surface area contributed by atoms with Crippen LogP contribution in [0.25, 0.3) is 0 Å². The van der Waals surface area contributed by atoms with E-state index < -0.39 is 10.0 Å². The summed E-state index contributed by atoms with van der Waals surface area (Å²) in [7, 11) is -3.46. The second kappa shape index (κ2) is 6.01. The molecule has 0 atom stereocenters. The summed E-state index contributed by atoms with van der Waals surface area (Å²) < 4.78 is 27.7. The van der Waals surface area contributed by atoms with Crippen LogP contribution in [0.2, 0.25) is 0 Å². The minimum Gasteiger partial charge on any atom is -0.312 e. The van der Waals surface area contributed by atoms with Crippen LogP contribution in [-0.4, -0.2) is 26.9 Å². The number of anilines is 1. The predicted octanol–water partition coefficient (Wildman–Crippen LogP) is 2.21. The Labute approximate surface area is 131 Å². The van der Waals surface area contributed by atoms with Crippen molar-refractivity contribution in [3.63, 3.8) is 0 Å². The van der Waals surface area contributed by atoms with Gasteiger partial charge < -0.3 is 4.90 Å². The highest BCUT2D eigenvalue weighted by molar-refractivity contribution is 7.89. The maximum Gasteiger partial charge on any atom is 0.240 e. The highest BCUT2D eigenvalue weighted by Gasteiger charge is 2.27. The third-order valence-electron chi connectivity index (χ3n) is 4.54. The molecule has 0 radical (unpaired) electrons. The van der Waals surface area contributed by atoms with Crippen molar-refractivity contribution < 1.29 is 13.2 Å². The molecule has 0 spiro atoms. The molecular weight excluding hydrogens is 300 g/mol. The summed E-state index contributed by atoms with van der Waals surface area (Å²) >= 11 is 0. The molecule has 1 aromatic rings. The van der Waals surface area contributed by atoms with Gasteiger partial charge in [-0.1, -0.05) is 19.8 Å². The number of hydrogen-bond acceptors (Lipinski definition) is 3. The van der Waals surface area contributed by atoms with Gasteiger partial charge in [0.1, 0.15) is 0 Å². The van der Waals surface area contributed by atoms with Gasteiger partial charge in [-0.15, -0.1) is 0 Å². The summed E-state index contributed by atoms with van der Waals surface area (Å²) in [5.41, 5.74) is 1.79. The molecule has 2 aliphatic rings. The smallest absolute Gasteiger partial charge is 0.240 e. The zero-order chi connectivity index (χ0) is 15.7. The van der Waals surface area contributed by atoms with Crippen LogP contribution < -0.4 is 9.62 Å². The van der Waals surface area contributed by atoms with Crippen molar-refractivity contribution in [1.82, 2.24) is 4.72 Å². The Hall–Kier alpha value is -1.40. The van der Waals surface area contributed by atoms with E-state index in [9.17, 15) is 13.2 Å². The lowest BCUT2D eigenvalue weighted by molar-refractivity contribution is -0.118. The van der Waals surface area contributed by atoms with Crippen LogP contribution in [0.4, 0.5) is 5.69 Å². The lowest BCUT2D eigenvalue weighted by atomic mass is 10.2. The van der Waals surface area contributed by atoms with Crippen molar-refractivity contribution >= 4 is 21.6 Å². The van der Waals surface area contributed by atoms with Crippen LogP contribution in [0.15, 0.2) is 23.1 Å². The third kappa shape index (κ3) is 2.90. The van der Waals surface area contributed by atoms with Gasteiger partial charge in [0.25, 0.3) is 0 Å². The van der Waals surface area contributed by atoms with Gasteiger partial charge in [-0.05, 0) is 43.0 Å². The molecule has 3 rings (SSSR count). The van der Waals surface area contributed by atoms with Crippen molar-refractivity contribution in [1.29, 1.82) is 0 Å². The van der Waals surface area contributed by atoms with E-state index in [2.05, 4.69) is 4.72 Å². The molecule has 0 saturated heterocycles. The van der Waals surface area contributed by atoms with Gasteiger partial charge in [0, 0.05) is 24.7 Å². The maximum atomic E-state index is 12.5. The molecule has 1 saturated carbocycles. The number of benzene rings is 1. The third-order valence-corrected chi connectivity index (χ3v) is 6.06. The van der Waals surface area contributed by atoms with E-state index in [1.54, 1.807) is 23.1 Å². The van der Waals surface area contributed by atoms with E-state index in [0.717, 1.165) is 36.9 Å². The first kappa shape index (κ1) is 15.5. The average Bonchev–Trinajstić information content (AvgIpc) is 3.14. The summed E-state index contributed by atoms with van der Waals surface area (Å²) in [6, 6.07) is 5.16. The summed E-state index contributed by atoms with van der Waals surface area (Å²) in [6.07, 6.45) is 5.19. The normalized spacial score (nSPS) is 18.7. The molecule has 5 nitrogen and oxygen atoms in total. The highest BCUT2D eigenvalue weighted by Crippen LogP contribution is 2.31. The van der Waals surface area contributed by atoms with E-state index in [-0.39, 0.29) is 11.9 Å². The van der Waals surface area contributed by atoms with Crippen LogP contribution in [0, 0.1) is 0 Å². The summed E-state index contributed by atoms with van der Waals surface area (Å²) in [5.74, 6) is 0.0819. The number of carbonyl (C=O) groups is 1. The Bertz CT molecular complexity index is 679. The van der Waals surface area contributed by atoms with Gasteiger partial charge in [-0.3, -0.25) is 4.79 Å². The number of hydrogen-bond donors (Lipinski definition) is 1. The van der Waals surface area contributed by atoms with E-state index in [1.807, 2.05) is 6.92 Å². The molecule has 1 fully saturated rings. The molecule has 22 heavy (non-hydrogen) atoms. The lowest BCUT2D eigenvalue weighted by Gasteiger charge is -2.17. The van der Waals surface area contributed by atoms with Crippen molar-refractivity contribution in [2.75, 3.05) is 11.4 Å². The topological polar surface area (TPSA) is 66.5 Å². The molecule has 1 amide bonds. The first-order chi connectivity index (χ1) is 10.5. The number of amides is 1. The Morgan fingerprint density at radius 2 is 2.05 bits per heavy atom. The van der Waals surface area contributed by atoms with Gasteiger partial charge in [0.15, 0.2) is 0 Å². The monoisotopic (exact) mass is 322 g/mol. The molecule has 1 aromatic carbocycles. The summed E-state index contributed by atoms with van der Waals surface area (Å²) in [5, 5.41) is 0. The van der Waals surface area contributed by atoms with Crippen LogP contribution in [-0.2, 0) is 21.2 Å². The largest absolute Gasteiger partial charge is 0.312 e. The minimum absolute atomic E-state index is 0.0661. The Balaban J connectivity index is 1.83. The molecule has 6 heteroatoms. The molecule has 0 aromatic heterocycles. The molecule has 1 aliphatic heterocycles. The summed E-state index contributed by atoms with van der Waals surface area (Å²) in [4.78, 5) is 13.9. The van der Waals surface area contributed by atoms with Crippen LogP contribution >= 0.6 is 0 Å². The molecule has 0 bridgehead atoms. The zero-order valence-corrected chi connectivity index (χ0v) is 13.7. The zero-order valence-electron chi connectivity index (χ0n) is 12.8. The highest BCUT2D eigenvalue weighted by atomic mass is 32.2. The van der Waals surface area contributed by atoms with Crippen molar-refractivity contribution in [2.24, 2.45) is 0 Å². The fourth-order valence-electron chi connectivity index (χ4n) is 3.33. The van der Waals surface area contributed by atoms with Gasteiger partial charge in [-0.25, -0.2) is 13.1 Å². The van der Waals surface area contributed by atoms with E-state index in [1.165, 1.54) is 0 Å². The Morgan fingerprint density at radius 3 is 2.73 bits per heavy atom. The van der Waals surface area contributed by atoms with Crippen LogP contribution in [0.1, 0.15) is 44.6 Å². The van der Waals surface area contributed by atoms with Crippen LogP contribution in [0.3, 0.4) is 0 Å². The van der Waals surface area contributed by atoms with Gasteiger partial charge in [0.05, 0.1) is 4.90 Å². The molecule has 1 heterocycles. The fourth-order valence-corrected chi connectivity index (χ4v) is 4.68. The van der Waals surface area contributed by atoms with Crippen LogP contribution in [0.5, 0.6) is 0 Å². The van der Waals surface area contributed by atoms with Gasteiger partial charge >= 0.3 is 0 Å². The quantitative estimate of drug-likeness (QED) is 0.924. The van der Waals surface area contributed by atoms with Crippen molar-refractivity contribution in [2.45, 2.75) is 56.4 Å². The maximum absolute atomic E-state index is 12.5. The van der Waals surface area contributed by atoms with E-state index in [0.29, 0.717) is 24.3 Å². The lowest BCUT2D eigenvalue weighted by Crippen LogP contribution is -2.32.